The fourth-order valence-electron chi connectivity index (χ4n) is 2.99. The van der Waals surface area contributed by atoms with E-state index < -0.39 is 0 Å². The molecule has 2 heterocycles. The monoisotopic (exact) mass is 334 g/mol. The number of aromatic nitrogens is 3. The van der Waals surface area contributed by atoms with Crippen molar-refractivity contribution in [1.29, 1.82) is 0 Å². The van der Waals surface area contributed by atoms with Crippen molar-refractivity contribution in [2.45, 2.75) is 25.9 Å². The van der Waals surface area contributed by atoms with Gasteiger partial charge in [-0.1, -0.05) is 37.3 Å². The zero-order valence-corrected chi connectivity index (χ0v) is 14.5. The van der Waals surface area contributed by atoms with E-state index in [-0.39, 0.29) is 11.9 Å². The van der Waals surface area contributed by atoms with Crippen LogP contribution < -0.4 is 0 Å². The number of carbonyl (C=O) groups is 1. The van der Waals surface area contributed by atoms with Gasteiger partial charge in [0.1, 0.15) is 0 Å². The van der Waals surface area contributed by atoms with Crippen LogP contribution in [0.5, 0.6) is 0 Å². The molecule has 1 aromatic carbocycles. The first-order valence-electron chi connectivity index (χ1n) is 8.42. The van der Waals surface area contributed by atoms with E-state index in [1.165, 1.54) is 0 Å². The Morgan fingerprint density at radius 1 is 1.16 bits per heavy atom. The summed E-state index contributed by atoms with van der Waals surface area (Å²) >= 11 is 0. The quantitative estimate of drug-likeness (QED) is 0.693. The first-order valence-corrected chi connectivity index (χ1v) is 8.42. The normalized spacial score (nSPS) is 11.9. The van der Waals surface area contributed by atoms with Crippen LogP contribution in [-0.2, 0) is 6.54 Å². The Morgan fingerprint density at radius 2 is 1.88 bits per heavy atom. The summed E-state index contributed by atoms with van der Waals surface area (Å²) in [6.45, 7) is 2.73. The Hall–Kier alpha value is -2.95. The highest BCUT2D eigenvalue weighted by Gasteiger charge is 2.22. The minimum absolute atomic E-state index is 0.0213. The molecule has 3 aromatic rings. The van der Waals surface area contributed by atoms with Crippen LogP contribution in [0, 0.1) is 0 Å². The van der Waals surface area contributed by atoms with Crippen LogP contribution in [-0.4, -0.2) is 32.6 Å². The number of rotatable bonds is 6. The third kappa shape index (κ3) is 3.94. The molecule has 0 radical (unpaired) electrons. The lowest BCUT2D eigenvalue weighted by Gasteiger charge is -2.27. The number of hydrogen-bond acceptors (Lipinski definition) is 3. The molecule has 1 amide bonds. The Kier molecular flexibility index (Phi) is 5.23. The van der Waals surface area contributed by atoms with Crippen LogP contribution in [0.4, 0.5) is 0 Å². The fraction of sp³-hybridized carbons (Fsp3) is 0.250. The molecule has 0 aliphatic carbocycles. The molecule has 0 aliphatic heterocycles. The van der Waals surface area contributed by atoms with Crippen LogP contribution >= 0.6 is 0 Å². The molecule has 5 nitrogen and oxygen atoms in total. The van der Waals surface area contributed by atoms with Gasteiger partial charge >= 0.3 is 0 Å². The number of amides is 1. The Morgan fingerprint density at radius 3 is 2.56 bits per heavy atom. The third-order valence-electron chi connectivity index (χ3n) is 4.33. The van der Waals surface area contributed by atoms with E-state index in [9.17, 15) is 4.79 Å². The highest BCUT2D eigenvalue weighted by Crippen LogP contribution is 2.23. The lowest BCUT2D eigenvalue weighted by Crippen LogP contribution is -2.30. The molecule has 0 N–H and O–H groups in total. The van der Waals surface area contributed by atoms with E-state index >= 15 is 0 Å². The van der Waals surface area contributed by atoms with E-state index in [0.29, 0.717) is 12.1 Å². The lowest BCUT2D eigenvalue weighted by atomic mass is 10.0. The predicted molar refractivity (Wildman–Crippen MR) is 97.1 cm³/mol. The molecule has 1 atom stereocenters. The molecular weight excluding hydrogens is 312 g/mol. The largest absolute Gasteiger partial charge is 0.335 e. The molecule has 2 aromatic heterocycles. The van der Waals surface area contributed by atoms with Crippen LogP contribution in [0.2, 0.25) is 0 Å². The molecule has 0 spiro atoms. The van der Waals surface area contributed by atoms with Gasteiger partial charge in [-0.15, -0.1) is 0 Å². The van der Waals surface area contributed by atoms with Gasteiger partial charge in [-0.2, -0.15) is 5.10 Å². The molecule has 0 saturated carbocycles. The second kappa shape index (κ2) is 7.75. The van der Waals surface area contributed by atoms with Crippen molar-refractivity contribution in [3.05, 3.63) is 83.9 Å². The molecule has 0 bridgehead atoms. The second-order valence-electron chi connectivity index (χ2n) is 6.03. The number of carbonyl (C=O) groups excluding carboxylic acids is 1. The van der Waals surface area contributed by atoms with Gasteiger partial charge in [0, 0.05) is 25.6 Å². The predicted octanol–water partition coefficient (Wildman–Crippen LogP) is 3.55. The summed E-state index contributed by atoms with van der Waals surface area (Å²) in [5.74, 6) is -0.0250. The van der Waals surface area contributed by atoms with Crippen molar-refractivity contribution in [1.82, 2.24) is 19.7 Å². The summed E-state index contributed by atoms with van der Waals surface area (Å²) in [6.07, 6.45) is 7.80. The van der Waals surface area contributed by atoms with Crippen LogP contribution in [0.1, 0.15) is 40.9 Å². The average Bonchev–Trinajstić information content (AvgIpc) is 3.12. The van der Waals surface area contributed by atoms with Crippen molar-refractivity contribution >= 4 is 5.91 Å². The van der Waals surface area contributed by atoms with Crippen LogP contribution in [0.3, 0.4) is 0 Å². The number of benzene rings is 1. The van der Waals surface area contributed by atoms with Gasteiger partial charge in [0.25, 0.3) is 5.91 Å². The van der Waals surface area contributed by atoms with E-state index in [0.717, 1.165) is 17.5 Å². The third-order valence-corrected chi connectivity index (χ3v) is 4.33. The number of hydrogen-bond donors (Lipinski definition) is 0. The van der Waals surface area contributed by atoms with Crippen molar-refractivity contribution < 1.29 is 4.79 Å². The maximum atomic E-state index is 12.8. The molecule has 0 saturated heterocycles. The highest BCUT2D eigenvalue weighted by atomic mass is 16.2. The maximum absolute atomic E-state index is 12.8. The minimum atomic E-state index is -0.0250. The van der Waals surface area contributed by atoms with Crippen molar-refractivity contribution in [2.75, 3.05) is 7.05 Å². The van der Waals surface area contributed by atoms with Crippen molar-refractivity contribution in [3.63, 3.8) is 0 Å². The fourth-order valence-corrected chi connectivity index (χ4v) is 2.99. The molecule has 3 rings (SSSR count). The summed E-state index contributed by atoms with van der Waals surface area (Å²) in [5, 5.41) is 4.33. The minimum Gasteiger partial charge on any atom is -0.335 e. The van der Waals surface area contributed by atoms with Gasteiger partial charge in [0.2, 0.25) is 0 Å². The first-order chi connectivity index (χ1) is 12.2. The summed E-state index contributed by atoms with van der Waals surface area (Å²) < 4.78 is 1.80. The Balaban J connectivity index is 1.74. The van der Waals surface area contributed by atoms with Gasteiger partial charge in [-0.25, -0.2) is 0 Å². The highest BCUT2D eigenvalue weighted by molar-refractivity contribution is 5.93. The van der Waals surface area contributed by atoms with E-state index in [1.54, 1.807) is 28.2 Å². The zero-order chi connectivity index (χ0) is 17.6. The van der Waals surface area contributed by atoms with Gasteiger partial charge in [0.15, 0.2) is 0 Å². The first kappa shape index (κ1) is 16.9. The molecule has 128 valence electrons. The number of pyridine rings is 1. The van der Waals surface area contributed by atoms with Crippen molar-refractivity contribution in [2.24, 2.45) is 0 Å². The zero-order valence-electron chi connectivity index (χ0n) is 14.5. The molecule has 25 heavy (non-hydrogen) atoms. The van der Waals surface area contributed by atoms with Gasteiger partial charge in [-0.05, 0) is 29.7 Å². The topological polar surface area (TPSA) is 51.0 Å². The Bertz CT molecular complexity index is 814. The summed E-state index contributed by atoms with van der Waals surface area (Å²) in [6, 6.07) is 14.0. The van der Waals surface area contributed by atoms with E-state index in [2.05, 4.69) is 17.0 Å². The molecule has 1 unspecified atom stereocenters. The maximum Gasteiger partial charge on any atom is 0.257 e. The van der Waals surface area contributed by atoms with Crippen LogP contribution in [0.25, 0.3) is 0 Å². The standard InChI is InChI=1S/C20H22N4O/c1-3-19(17-9-11-21-12-10-17)23(2)20(25)18-13-22-24(15-18)14-16-7-5-4-6-8-16/h4-13,15,19H,3,14H2,1-2H3. The molecule has 0 aliphatic rings. The van der Waals surface area contributed by atoms with E-state index in [1.807, 2.05) is 55.7 Å². The van der Waals surface area contributed by atoms with Gasteiger partial charge in [-0.3, -0.25) is 14.5 Å². The van der Waals surface area contributed by atoms with Crippen LogP contribution in [0.15, 0.2) is 67.3 Å². The Labute approximate surface area is 147 Å². The van der Waals surface area contributed by atoms with Gasteiger partial charge in [0.05, 0.1) is 24.3 Å². The average molecular weight is 334 g/mol. The summed E-state index contributed by atoms with van der Waals surface area (Å²) in [7, 11) is 1.84. The number of nitrogens with zero attached hydrogens (tertiary/aromatic N) is 4. The lowest BCUT2D eigenvalue weighted by molar-refractivity contribution is 0.0726. The smallest absolute Gasteiger partial charge is 0.257 e. The molecule has 0 fully saturated rings. The summed E-state index contributed by atoms with van der Waals surface area (Å²) in [4.78, 5) is 18.7. The van der Waals surface area contributed by atoms with E-state index in [4.69, 9.17) is 0 Å². The summed E-state index contributed by atoms with van der Waals surface area (Å²) in [5.41, 5.74) is 2.84. The van der Waals surface area contributed by atoms with Crippen molar-refractivity contribution in [3.8, 4) is 0 Å². The molecule has 5 heteroatoms. The van der Waals surface area contributed by atoms with Gasteiger partial charge < -0.3 is 4.90 Å². The SMILES string of the molecule is CCC(c1ccncc1)N(C)C(=O)c1cnn(Cc2ccccc2)c1. The second-order valence-corrected chi connectivity index (χ2v) is 6.03. The molecular formula is C20H22N4O.